The molecule has 1 saturated heterocycles. The minimum absolute atomic E-state index is 0.123. The Morgan fingerprint density at radius 2 is 2.00 bits per heavy atom. The zero-order chi connectivity index (χ0) is 12.0. The number of aromatic nitrogens is 1. The molecular formula is C13H17N3O. The van der Waals surface area contributed by atoms with Gasteiger partial charge in [0, 0.05) is 26.3 Å². The van der Waals surface area contributed by atoms with Crippen molar-refractivity contribution in [3.8, 4) is 0 Å². The first kappa shape index (κ1) is 10.7. The van der Waals surface area contributed by atoms with Gasteiger partial charge >= 0.3 is 0 Å². The van der Waals surface area contributed by atoms with Gasteiger partial charge in [0.1, 0.15) is 0 Å². The highest BCUT2D eigenvalue weighted by atomic mass is 16.2. The summed E-state index contributed by atoms with van der Waals surface area (Å²) < 4.78 is 0. The van der Waals surface area contributed by atoms with Crippen LogP contribution in [0.2, 0.25) is 0 Å². The van der Waals surface area contributed by atoms with Gasteiger partial charge in [-0.05, 0) is 32.0 Å². The smallest absolute Gasteiger partial charge is 0.256 e. The Morgan fingerprint density at radius 1 is 1.29 bits per heavy atom. The second-order valence-corrected chi connectivity index (χ2v) is 5.10. The fraction of sp³-hybridized carbons (Fsp3) is 0.538. The third-order valence-electron chi connectivity index (χ3n) is 4.24. The molecule has 1 aromatic rings. The summed E-state index contributed by atoms with van der Waals surface area (Å²) in [6, 6.07) is 3.74. The van der Waals surface area contributed by atoms with Crippen LogP contribution in [-0.4, -0.2) is 47.9 Å². The topological polar surface area (TPSA) is 36.4 Å². The lowest BCUT2D eigenvalue weighted by atomic mass is 9.84. The van der Waals surface area contributed by atoms with Crippen LogP contribution < -0.4 is 0 Å². The number of likely N-dealkylation sites (tertiary alicyclic amines) is 1. The molecule has 3 heterocycles. The van der Waals surface area contributed by atoms with Crippen LogP contribution in [0.3, 0.4) is 0 Å². The molecule has 90 valence electrons. The molecule has 1 spiro atoms. The Kier molecular flexibility index (Phi) is 2.23. The molecule has 0 atom stereocenters. The van der Waals surface area contributed by atoms with Crippen molar-refractivity contribution in [2.24, 2.45) is 0 Å². The predicted octanol–water partition coefficient (Wildman–Crippen LogP) is 1.09. The number of rotatable bonds is 0. The highest BCUT2D eigenvalue weighted by molar-refractivity contribution is 5.99. The van der Waals surface area contributed by atoms with Crippen molar-refractivity contribution in [3.05, 3.63) is 29.6 Å². The molecule has 4 nitrogen and oxygen atoms in total. The second kappa shape index (κ2) is 3.53. The maximum Gasteiger partial charge on any atom is 0.256 e. The standard InChI is InChI=1S/C13H17N3O/c1-15-8-5-13(6-9-15)11-10(4-3-7-14-11)12(17)16(13)2/h3-4,7H,5-6,8-9H2,1-2H3. The van der Waals surface area contributed by atoms with E-state index in [1.54, 1.807) is 6.20 Å². The molecule has 17 heavy (non-hydrogen) atoms. The Labute approximate surface area is 101 Å². The first-order valence-corrected chi connectivity index (χ1v) is 6.07. The zero-order valence-electron chi connectivity index (χ0n) is 10.3. The summed E-state index contributed by atoms with van der Waals surface area (Å²) in [6.07, 6.45) is 3.76. The lowest BCUT2D eigenvalue weighted by Crippen LogP contribution is -2.49. The third kappa shape index (κ3) is 1.33. The molecule has 0 unspecified atom stereocenters. The lowest BCUT2D eigenvalue weighted by Gasteiger charge is -2.42. The van der Waals surface area contributed by atoms with E-state index in [1.807, 2.05) is 24.1 Å². The monoisotopic (exact) mass is 231 g/mol. The second-order valence-electron chi connectivity index (χ2n) is 5.10. The van der Waals surface area contributed by atoms with Crippen LogP contribution in [0.4, 0.5) is 0 Å². The average molecular weight is 231 g/mol. The number of hydrogen-bond acceptors (Lipinski definition) is 3. The predicted molar refractivity (Wildman–Crippen MR) is 64.7 cm³/mol. The van der Waals surface area contributed by atoms with Gasteiger partial charge in [0.15, 0.2) is 0 Å². The molecule has 1 amide bonds. The molecule has 0 radical (unpaired) electrons. The Balaban J connectivity index is 2.09. The molecular weight excluding hydrogens is 214 g/mol. The highest BCUT2D eigenvalue weighted by Crippen LogP contribution is 2.43. The SMILES string of the molecule is CN1CCC2(CC1)c1ncccc1C(=O)N2C. The van der Waals surface area contributed by atoms with E-state index in [0.717, 1.165) is 37.2 Å². The number of amides is 1. The van der Waals surface area contributed by atoms with E-state index in [4.69, 9.17) is 0 Å². The van der Waals surface area contributed by atoms with Crippen molar-refractivity contribution >= 4 is 5.91 Å². The van der Waals surface area contributed by atoms with E-state index >= 15 is 0 Å². The number of carbonyl (C=O) groups is 1. The normalized spacial score (nSPS) is 23.2. The Hall–Kier alpha value is -1.42. The van der Waals surface area contributed by atoms with Crippen LogP contribution in [0.25, 0.3) is 0 Å². The van der Waals surface area contributed by atoms with Crippen molar-refractivity contribution in [1.29, 1.82) is 0 Å². The van der Waals surface area contributed by atoms with Gasteiger partial charge < -0.3 is 9.80 Å². The number of fused-ring (bicyclic) bond motifs is 2. The van der Waals surface area contributed by atoms with Gasteiger partial charge in [0.25, 0.3) is 5.91 Å². The highest BCUT2D eigenvalue weighted by Gasteiger charge is 2.49. The van der Waals surface area contributed by atoms with Gasteiger partial charge in [-0.25, -0.2) is 0 Å². The number of carbonyl (C=O) groups excluding carboxylic acids is 1. The maximum atomic E-state index is 12.2. The van der Waals surface area contributed by atoms with Gasteiger partial charge in [0.05, 0.1) is 16.8 Å². The van der Waals surface area contributed by atoms with E-state index < -0.39 is 0 Å². The molecule has 2 aliphatic heterocycles. The summed E-state index contributed by atoms with van der Waals surface area (Å²) in [6.45, 7) is 2.04. The van der Waals surface area contributed by atoms with E-state index in [1.165, 1.54) is 0 Å². The van der Waals surface area contributed by atoms with Crippen LogP contribution in [0.5, 0.6) is 0 Å². The van der Waals surface area contributed by atoms with Gasteiger partial charge in [0.2, 0.25) is 0 Å². The van der Waals surface area contributed by atoms with Gasteiger partial charge in [-0.2, -0.15) is 0 Å². The van der Waals surface area contributed by atoms with Crippen LogP contribution >= 0.6 is 0 Å². The molecule has 0 aliphatic carbocycles. The maximum absolute atomic E-state index is 12.2. The van der Waals surface area contributed by atoms with Gasteiger partial charge in [-0.1, -0.05) is 0 Å². The van der Waals surface area contributed by atoms with Crippen molar-refractivity contribution in [3.63, 3.8) is 0 Å². The fourth-order valence-corrected chi connectivity index (χ4v) is 3.04. The number of nitrogens with zero attached hydrogens (tertiary/aromatic N) is 3. The first-order chi connectivity index (χ1) is 8.15. The van der Waals surface area contributed by atoms with E-state index in [2.05, 4.69) is 16.9 Å². The molecule has 0 N–H and O–H groups in total. The number of piperidine rings is 1. The summed E-state index contributed by atoms with van der Waals surface area (Å²) >= 11 is 0. The molecule has 3 rings (SSSR count). The van der Waals surface area contributed by atoms with Crippen molar-refractivity contribution in [1.82, 2.24) is 14.8 Å². The minimum atomic E-state index is -0.153. The van der Waals surface area contributed by atoms with Crippen molar-refractivity contribution < 1.29 is 4.79 Å². The Bertz CT molecular complexity index is 463. The molecule has 0 bridgehead atoms. The van der Waals surface area contributed by atoms with Gasteiger partial charge in [-0.15, -0.1) is 0 Å². The van der Waals surface area contributed by atoms with Crippen LogP contribution in [-0.2, 0) is 5.54 Å². The Morgan fingerprint density at radius 3 is 2.71 bits per heavy atom. The summed E-state index contributed by atoms with van der Waals surface area (Å²) in [5, 5.41) is 0. The van der Waals surface area contributed by atoms with E-state index in [9.17, 15) is 4.79 Å². The van der Waals surface area contributed by atoms with Crippen molar-refractivity contribution in [2.75, 3.05) is 27.2 Å². The summed E-state index contributed by atoms with van der Waals surface area (Å²) in [4.78, 5) is 20.9. The summed E-state index contributed by atoms with van der Waals surface area (Å²) in [7, 11) is 4.04. The van der Waals surface area contributed by atoms with Crippen molar-refractivity contribution in [2.45, 2.75) is 18.4 Å². The van der Waals surface area contributed by atoms with Gasteiger partial charge in [-0.3, -0.25) is 9.78 Å². The lowest BCUT2D eigenvalue weighted by molar-refractivity contribution is 0.0413. The van der Waals surface area contributed by atoms with E-state index in [0.29, 0.717) is 0 Å². The number of pyridine rings is 1. The minimum Gasteiger partial charge on any atom is -0.330 e. The van der Waals surface area contributed by atoms with Crippen LogP contribution in [0.1, 0.15) is 28.9 Å². The molecule has 4 heteroatoms. The molecule has 2 aliphatic rings. The fourth-order valence-electron chi connectivity index (χ4n) is 3.04. The first-order valence-electron chi connectivity index (χ1n) is 6.07. The zero-order valence-corrected chi connectivity index (χ0v) is 10.3. The molecule has 1 aromatic heterocycles. The molecule has 0 saturated carbocycles. The number of hydrogen-bond donors (Lipinski definition) is 0. The largest absolute Gasteiger partial charge is 0.330 e. The molecule has 1 fully saturated rings. The third-order valence-corrected chi connectivity index (χ3v) is 4.24. The quantitative estimate of drug-likeness (QED) is 0.670. The van der Waals surface area contributed by atoms with E-state index in [-0.39, 0.29) is 11.4 Å². The van der Waals surface area contributed by atoms with Crippen LogP contribution in [0.15, 0.2) is 18.3 Å². The average Bonchev–Trinajstić information content (AvgIpc) is 2.57. The van der Waals surface area contributed by atoms with Crippen LogP contribution in [0, 0.1) is 0 Å². The molecule has 0 aromatic carbocycles. The summed E-state index contributed by atoms with van der Waals surface area (Å²) in [5.41, 5.74) is 1.63. The summed E-state index contributed by atoms with van der Waals surface area (Å²) in [5.74, 6) is 0.123.